The van der Waals surface area contributed by atoms with Crippen molar-refractivity contribution in [2.24, 2.45) is 0 Å². The third kappa shape index (κ3) is 1.80. The molecule has 0 atom stereocenters. The molecule has 0 saturated carbocycles. The molecule has 0 unspecified atom stereocenters. The quantitative estimate of drug-likeness (QED) is 0.743. The van der Waals surface area contributed by atoms with Gasteiger partial charge in [0.2, 0.25) is 0 Å². The van der Waals surface area contributed by atoms with Gasteiger partial charge in [-0.05, 0) is 35.1 Å². The van der Waals surface area contributed by atoms with E-state index in [-0.39, 0.29) is 0 Å². The maximum absolute atomic E-state index is 5.24. The Labute approximate surface area is 89.9 Å². The van der Waals surface area contributed by atoms with E-state index in [2.05, 4.69) is 24.9 Å². The molecule has 0 aliphatic heterocycles. The minimum absolute atomic E-state index is 0.480. The molecule has 0 aliphatic carbocycles. The number of benzene rings is 1. The van der Waals surface area contributed by atoms with Crippen LogP contribution in [0.2, 0.25) is 0 Å². The van der Waals surface area contributed by atoms with Gasteiger partial charge in [-0.15, -0.1) is 0 Å². The van der Waals surface area contributed by atoms with Crippen molar-refractivity contribution in [3.05, 3.63) is 36.2 Å². The number of fused-ring (bicyclic) bond motifs is 1. The average molecular weight is 201 g/mol. The second kappa shape index (κ2) is 3.89. The first kappa shape index (κ1) is 9.97. The van der Waals surface area contributed by atoms with Gasteiger partial charge in [0.25, 0.3) is 0 Å². The number of aromatic nitrogens is 1. The van der Waals surface area contributed by atoms with E-state index in [9.17, 15) is 0 Å². The van der Waals surface area contributed by atoms with Crippen molar-refractivity contribution in [3.8, 4) is 5.75 Å². The minimum atomic E-state index is 0.480. The molecule has 2 rings (SSSR count). The zero-order valence-electron chi connectivity index (χ0n) is 9.32. The Kier molecular flexibility index (Phi) is 2.58. The van der Waals surface area contributed by atoms with Crippen LogP contribution in [0.4, 0.5) is 0 Å². The number of hydrogen-bond acceptors (Lipinski definition) is 2. The Balaban J connectivity index is 2.70. The van der Waals surface area contributed by atoms with Crippen molar-refractivity contribution in [1.82, 2.24) is 4.98 Å². The second-order valence-corrected chi connectivity index (χ2v) is 3.97. The van der Waals surface area contributed by atoms with Crippen LogP contribution in [0.1, 0.15) is 25.3 Å². The zero-order chi connectivity index (χ0) is 10.8. The second-order valence-electron chi connectivity index (χ2n) is 3.97. The van der Waals surface area contributed by atoms with Crippen molar-refractivity contribution < 1.29 is 4.74 Å². The zero-order valence-corrected chi connectivity index (χ0v) is 9.32. The number of nitrogens with zero attached hydrogens (tertiary/aromatic N) is 1. The van der Waals surface area contributed by atoms with Crippen molar-refractivity contribution in [2.75, 3.05) is 7.11 Å². The topological polar surface area (TPSA) is 22.1 Å². The van der Waals surface area contributed by atoms with Crippen LogP contribution in [0.3, 0.4) is 0 Å². The van der Waals surface area contributed by atoms with Crippen molar-refractivity contribution in [3.63, 3.8) is 0 Å². The molecular weight excluding hydrogens is 186 g/mol. The summed E-state index contributed by atoms with van der Waals surface area (Å²) >= 11 is 0. The number of rotatable bonds is 2. The Morgan fingerprint density at radius 3 is 2.67 bits per heavy atom. The SMILES string of the molecule is COc1ccc2cncc(C(C)C)c2c1. The van der Waals surface area contributed by atoms with E-state index in [0.717, 1.165) is 5.75 Å². The molecule has 1 aromatic carbocycles. The molecule has 2 aromatic rings. The average Bonchev–Trinajstić information content (AvgIpc) is 2.27. The van der Waals surface area contributed by atoms with E-state index in [4.69, 9.17) is 4.74 Å². The Morgan fingerprint density at radius 2 is 2.00 bits per heavy atom. The molecule has 0 aliphatic rings. The molecule has 0 N–H and O–H groups in total. The highest BCUT2D eigenvalue weighted by molar-refractivity contribution is 5.86. The molecule has 15 heavy (non-hydrogen) atoms. The van der Waals surface area contributed by atoms with E-state index in [1.165, 1.54) is 16.3 Å². The van der Waals surface area contributed by atoms with Crippen molar-refractivity contribution in [1.29, 1.82) is 0 Å². The van der Waals surface area contributed by atoms with Crippen LogP contribution >= 0.6 is 0 Å². The highest BCUT2D eigenvalue weighted by Crippen LogP contribution is 2.27. The van der Waals surface area contributed by atoms with Crippen LogP contribution in [0.15, 0.2) is 30.6 Å². The summed E-state index contributed by atoms with van der Waals surface area (Å²) < 4.78 is 5.24. The molecular formula is C13H15NO. The molecule has 0 radical (unpaired) electrons. The third-order valence-electron chi connectivity index (χ3n) is 2.62. The van der Waals surface area contributed by atoms with Gasteiger partial charge in [-0.1, -0.05) is 13.8 Å². The molecule has 2 heteroatoms. The summed E-state index contributed by atoms with van der Waals surface area (Å²) in [4.78, 5) is 4.25. The number of methoxy groups -OCH3 is 1. The summed E-state index contributed by atoms with van der Waals surface area (Å²) in [6.07, 6.45) is 3.83. The molecule has 78 valence electrons. The summed E-state index contributed by atoms with van der Waals surface area (Å²) in [5, 5.41) is 2.40. The number of hydrogen-bond donors (Lipinski definition) is 0. The molecule has 0 bridgehead atoms. The van der Waals surface area contributed by atoms with Crippen LogP contribution in [0.25, 0.3) is 10.8 Å². The van der Waals surface area contributed by atoms with Gasteiger partial charge < -0.3 is 4.74 Å². The first-order valence-electron chi connectivity index (χ1n) is 5.14. The van der Waals surface area contributed by atoms with Crippen LogP contribution in [0, 0.1) is 0 Å². The lowest BCUT2D eigenvalue weighted by Crippen LogP contribution is -1.92. The fourth-order valence-corrected chi connectivity index (χ4v) is 1.75. The highest BCUT2D eigenvalue weighted by atomic mass is 16.5. The van der Waals surface area contributed by atoms with Gasteiger partial charge in [-0.25, -0.2) is 0 Å². The smallest absolute Gasteiger partial charge is 0.119 e. The fourth-order valence-electron chi connectivity index (χ4n) is 1.75. The van der Waals surface area contributed by atoms with Gasteiger partial charge in [0, 0.05) is 17.8 Å². The van der Waals surface area contributed by atoms with Gasteiger partial charge in [-0.3, -0.25) is 4.98 Å². The van der Waals surface area contributed by atoms with Crippen LogP contribution in [0.5, 0.6) is 5.75 Å². The predicted molar refractivity (Wildman–Crippen MR) is 62.4 cm³/mol. The maximum Gasteiger partial charge on any atom is 0.119 e. The van der Waals surface area contributed by atoms with Gasteiger partial charge >= 0.3 is 0 Å². The summed E-state index contributed by atoms with van der Waals surface area (Å²) in [5.74, 6) is 1.38. The van der Waals surface area contributed by atoms with Crippen LogP contribution < -0.4 is 4.74 Å². The summed E-state index contributed by atoms with van der Waals surface area (Å²) in [7, 11) is 1.69. The molecule has 2 nitrogen and oxygen atoms in total. The first-order valence-corrected chi connectivity index (χ1v) is 5.14. The van der Waals surface area contributed by atoms with Gasteiger partial charge in [0.15, 0.2) is 0 Å². The summed E-state index contributed by atoms with van der Waals surface area (Å²) in [5.41, 5.74) is 1.27. The first-order chi connectivity index (χ1) is 7.22. The molecule has 1 heterocycles. The molecule has 0 saturated heterocycles. The molecule has 0 spiro atoms. The molecule has 0 amide bonds. The Hall–Kier alpha value is -1.57. The van der Waals surface area contributed by atoms with Crippen molar-refractivity contribution >= 4 is 10.8 Å². The predicted octanol–water partition coefficient (Wildman–Crippen LogP) is 3.37. The maximum atomic E-state index is 5.24. The molecule has 0 fully saturated rings. The monoisotopic (exact) mass is 201 g/mol. The third-order valence-corrected chi connectivity index (χ3v) is 2.62. The summed E-state index contributed by atoms with van der Waals surface area (Å²) in [6.45, 7) is 4.35. The van der Waals surface area contributed by atoms with E-state index in [1.54, 1.807) is 7.11 Å². The van der Waals surface area contributed by atoms with Crippen LogP contribution in [-0.2, 0) is 0 Å². The van der Waals surface area contributed by atoms with Crippen LogP contribution in [-0.4, -0.2) is 12.1 Å². The lowest BCUT2D eigenvalue weighted by molar-refractivity contribution is 0.415. The Bertz CT molecular complexity index is 477. The lowest BCUT2D eigenvalue weighted by Gasteiger charge is -2.10. The van der Waals surface area contributed by atoms with E-state index in [0.29, 0.717) is 5.92 Å². The normalized spacial score (nSPS) is 10.9. The number of pyridine rings is 1. The highest BCUT2D eigenvalue weighted by Gasteiger charge is 2.06. The minimum Gasteiger partial charge on any atom is -0.497 e. The lowest BCUT2D eigenvalue weighted by atomic mass is 9.99. The molecule has 1 aromatic heterocycles. The largest absolute Gasteiger partial charge is 0.497 e. The van der Waals surface area contributed by atoms with Gasteiger partial charge in [0.1, 0.15) is 5.75 Å². The Morgan fingerprint density at radius 1 is 1.20 bits per heavy atom. The van der Waals surface area contributed by atoms with Crippen molar-refractivity contribution in [2.45, 2.75) is 19.8 Å². The van der Waals surface area contributed by atoms with E-state index in [1.807, 2.05) is 24.5 Å². The van der Waals surface area contributed by atoms with Gasteiger partial charge in [0.05, 0.1) is 7.11 Å². The van der Waals surface area contributed by atoms with E-state index >= 15 is 0 Å². The van der Waals surface area contributed by atoms with E-state index < -0.39 is 0 Å². The standard InChI is InChI=1S/C13H15NO/c1-9(2)13-8-14-7-10-4-5-11(15-3)6-12(10)13/h4-9H,1-3H3. The fraction of sp³-hybridized carbons (Fsp3) is 0.308. The van der Waals surface area contributed by atoms with Gasteiger partial charge in [-0.2, -0.15) is 0 Å². The summed E-state index contributed by atoms with van der Waals surface area (Å²) in [6, 6.07) is 6.09. The number of ether oxygens (including phenoxy) is 1.